The zero-order valence-corrected chi connectivity index (χ0v) is 23.4. The number of carbonyl (C=O) groups is 2. The fourth-order valence-corrected chi connectivity index (χ4v) is 3.65. The second-order valence-corrected chi connectivity index (χ2v) is 9.49. The van der Waals surface area contributed by atoms with Crippen molar-refractivity contribution in [3.63, 3.8) is 0 Å². The van der Waals surface area contributed by atoms with Crippen LogP contribution in [0.15, 0.2) is 36.5 Å². The van der Waals surface area contributed by atoms with Gasteiger partial charge >= 0.3 is 5.97 Å². The Balaban J connectivity index is 0. The highest BCUT2D eigenvalue weighted by atomic mass is 16.4. The molecule has 0 radical (unpaired) electrons. The molecule has 0 saturated heterocycles. The number of carboxylic acids is 1. The standard InChI is InChI=1S/C18H32O2.C14H26O/c1-2-3-4-5-6-7-8-9-10-11-12-13-14-15-16-17-18(19)20;1-2-3-4-5-6-7-8-9-10-11-12-13-14-15/h5-6,9-10H,2-4,7-8,11-17H2,1H3,(H,19,20);7-8,14H,2-6,9-13H2,1H3/b6-5+,10-9-;8-7-. The number of allylic oxidation sites excluding steroid dienone is 6. The van der Waals surface area contributed by atoms with E-state index in [1.54, 1.807) is 0 Å². The Morgan fingerprint density at radius 2 is 0.857 bits per heavy atom. The predicted molar refractivity (Wildman–Crippen MR) is 154 cm³/mol. The molecule has 0 heterocycles. The maximum Gasteiger partial charge on any atom is 0.303 e. The minimum atomic E-state index is -0.670. The van der Waals surface area contributed by atoms with E-state index in [-0.39, 0.29) is 0 Å². The quantitative estimate of drug-likeness (QED) is 0.0786. The zero-order chi connectivity index (χ0) is 26.1. The van der Waals surface area contributed by atoms with Crippen LogP contribution >= 0.6 is 0 Å². The number of aliphatic carboxylic acids is 1. The van der Waals surface area contributed by atoms with E-state index >= 15 is 0 Å². The summed E-state index contributed by atoms with van der Waals surface area (Å²) in [7, 11) is 0. The van der Waals surface area contributed by atoms with E-state index in [0.717, 1.165) is 44.8 Å². The first kappa shape index (κ1) is 35.5. The number of carbonyl (C=O) groups excluding carboxylic acids is 1. The zero-order valence-electron chi connectivity index (χ0n) is 23.4. The molecule has 0 aromatic carbocycles. The van der Waals surface area contributed by atoms with Crippen LogP contribution in [0.25, 0.3) is 0 Å². The van der Waals surface area contributed by atoms with Gasteiger partial charge in [-0.15, -0.1) is 0 Å². The van der Waals surface area contributed by atoms with Crippen LogP contribution in [0, 0.1) is 0 Å². The summed E-state index contributed by atoms with van der Waals surface area (Å²) >= 11 is 0. The van der Waals surface area contributed by atoms with Crippen molar-refractivity contribution in [2.24, 2.45) is 0 Å². The summed E-state index contributed by atoms with van der Waals surface area (Å²) in [4.78, 5) is 20.4. The highest BCUT2D eigenvalue weighted by Crippen LogP contribution is 2.08. The van der Waals surface area contributed by atoms with Gasteiger partial charge in [-0.05, 0) is 70.6 Å². The Hall–Kier alpha value is -1.64. The fraction of sp³-hybridized carbons (Fsp3) is 0.750. The van der Waals surface area contributed by atoms with Gasteiger partial charge in [0, 0.05) is 12.8 Å². The van der Waals surface area contributed by atoms with E-state index in [2.05, 4.69) is 50.3 Å². The molecular weight excluding hydrogens is 432 g/mol. The molecule has 0 aliphatic carbocycles. The maximum atomic E-state index is 10.3. The predicted octanol–water partition coefficient (Wildman–Crippen LogP) is 10.5. The van der Waals surface area contributed by atoms with E-state index in [1.165, 1.54) is 96.3 Å². The molecule has 0 aliphatic rings. The lowest BCUT2D eigenvalue weighted by atomic mass is 10.1. The van der Waals surface area contributed by atoms with Crippen molar-refractivity contribution in [2.45, 2.75) is 155 Å². The number of rotatable bonds is 25. The summed E-state index contributed by atoms with van der Waals surface area (Å²) in [5, 5.41) is 8.50. The summed E-state index contributed by atoms with van der Waals surface area (Å²) in [5.74, 6) is -0.670. The van der Waals surface area contributed by atoms with Gasteiger partial charge in [-0.3, -0.25) is 4.79 Å². The Morgan fingerprint density at radius 3 is 1.34 bits per heavy atom. The molecule has 0 saturated carbocycles. The largest absolute Gasteiger partial charge is 0.481 e. The second kappa shape index (κ2) is 34.5. The van der Waals surface area contributed by atoms with Crippen LogP contribution in [0.2, 0.25) is 0 Å². The van der Waals surface area contributed by atoms with Crippen molar-refractivity contribution >= 4 is 12.3 Å². The third-order valence-corrected chi connectivity index (χ3v) is 5.90. The molecular formula is C32H58O3. The fourth-order valence-electron chi connectivity index (χ4n) is 3.65. The second-order valence-electron chi connectivity index (χ2n) is 9.49. The maximum absolute atomic E-state index is 10.3. The summed E-state index contributed by atoms with van der Waals surface area (Å²) in [5.41, 5.74) is 0. The van der Waals surface area contributed by atoms with E-state index < -0.39 is 5.97 Å². The molecule has 0 atom stereocenters. The Morgan fingerprint density at radius 1 is 0.486 bits per heavy atom. The molecule has 0 aliphatic heterocycles. The number of unbranched alkanes of at least 4 members (excludes halogenated alkanes) is 16. The van der Waals surface area contributed by atoms with Crippen LogP contribution < -0.4 is 0 Å². The molecule has 0 amide bonds. The van der Waals surface area contributed by atoms with Crippen molar-refractivity contribution < 1.29 is 14.7 Å². The van der Waals surface area contributed by atoms with Gasteiger partial charge < -0.3 is 9.90 Å². The van der Waals surface area contributed by atoms with Gasteiger partial charge in [0.2, 0.25) is 0 Å². The molecule has 0 aromatic heterocycles. The monoisotopic (exact) mass is 490 g/mol. The van der Waals surface area contributed by atoms with Crippen LogP contribution in [0.5, 0.6) is 0 Å². The van der Waals surface area contributed by atoms with Gasteiger partial charge in [0.05, 0.1) is 0 Å². The Bertz CT molecular complexity index is 505. The van der Waals surface area contributed by atoms with Crippen molar-refractivity contribution in [3.8, 4) is 0 Å². The topological polar surface area (TPSA) is 54.4 Å². The first-order chi connectivity index (χ1) is 17.2. The molecule has 0 bridgehead atoms. The van der Waals surface area contributed by atoms with E-state index in [1.807, 2.05) is 0 Å². The van der Waals surface area contributed by atoms with Gasteiger partial charge in [-0.1, -0.05) is 108 Å². The van der Waals surface area contributed by atoms with Gasteiger partial charge in [-0.2, -0.15) is 0 Å². The SMILES string of the molecule is CCCC/C=C/CC/C=C\CCCCCCCC(=O)O.CCCCCC/C=C\CCCCCC=O. The summed E-state index contributed by atoms with van der Waals surface area (Å²) in [6, 6.07) is 0. The van der Waals surface area contributed by atoms with Crippen LogP contribution in [0.4, 0.5) is 0 Å². The number of carboxylic acid groups (broad SMARTS) is 1. The minimum Gasteiger partial charge on any atom is -0.481 e. The van der Waals surface area contributed by atoms with Crippen LogP contribution in [-0.4, -0.2) is 17.4 Å². The molecule has 3 heteroatoms. The number of hydrogen-bond acceptors (Lipinski definition) is 2. The van der Waals surface area contributed by atoms with Crippen molar-refractivity contribution in [1.82, 2.24) is 0 Å². The van der Waals surface area contributed by atoms with Crippen LogP contribution in [-0.2, 0) is 9.59 Å². The Labute approximate surface area is 218 Å². The van der Waals surface area contributed by atoms with Crippen molar-refractivity contribution in [2.75, 3.05) is 0 Å². The molecule has 0 rings (SSSR count). The van der Waals surface area contributed by atoms with Crippen LogP contribution in [0.1, 0.15) is 155 Å². The first-order valence-electron chi connectivity index (χ1n) is 14.8. The molecule has 204 valence electrons. The minimum absolute atomic E-state index is 0.325. The van der Waals surface area contributed by atoms with E-state index in [4.69, 9.17) is 5.11 Å². The third-order valence-electron chi connectivity index (χ3n) is 5.90. The lowest BCUT2D eigenvalue weighted by Crippen LogP contribution is -1.93. The highest BCUT2D eigenvalue weighted by molar-refractivity contribution is 5.66. The molecule has 35 heavy (non-hydrogen) atoms. The molecule has 0 fully saturated rings. The molecule has 0 spiro atoms. The van der Waals surface area contributed by atoms with E-state index in [0.29, 0.717) is 6.42 Å². The highest BCUT2D eigenvalue weighted by Gasteiger charge is 1.95. The van der Waals surface area contributed by atoms with E-state index in [9.17, 15) is 9.59 Å². The van der Waals surface area contributed by atoms with Crippen LogP contribution in [0.3, 0.4) is 0 Å². The smallest absolute Gasteiger partial charge is 0.303 e. The van der Waals surface area contributed by atoms with Crippen molar-refractivity contribution in [3.05, 3.63) is 36.5 Å². The number of hydrogen-bond donors (Lipinski definition) is 1. The average molecular weight is 491 g/mol. The lowest BCUT2D eigenvalue weighted by Gasteiger charge is -1.98. The van der Waals surface area contributed by atoms with Gasteiger partial charge in [-0.25, -0.2) is 0 Å². The number of aldehydes is 1. The average Bonchev–Trinajstić information content (AvgIpc) is 2.85. The van der Waals surface area contributed by atoms with Gasteiger partial charge in [0.1, 0.15) is 6.29 Å². The first-order valence-corrected chi connectivity index (χ1v) is 14.8. The molecule has 0 unspecified atom stereocenters. The molecule has 0 aromatic rings. The van der Waals surface area contributed by atoms with Crippen molar-refractivity contribution in [1.29, 1.82) is 0 Å². The third kappa shape index (κ3) is 39.8. The van der Waals surface area contributed by atoms with Gasteiger partial charge in [0.15, 0.2) is 0 Å². The normalized spacial score (nSPS) is 11.4. The summed E-state index contributed by atoms with van der Waals surface area (Å²) < 4.78 is 0. The summed E-state index contributed by atoms with van der Waals surface area (Å²) in [6.07, 6.45) is 40.0. The van der Waals surface area contributed by atoms with Gasteiger partial charge in [0.25, 0.3) is 0 Å². The Kier molecular flexibility index (Phi) is 35.0. The lowest BCUT2D eigenvalue weighted by molar-refractivity contribution is -0.137. The molecule has 3 nitrogen and oxygen atoms in total. The summed E-state index contributed by atoms with van der Waals surface area (Å²) in [6.45, 7) is 4.47. The molecule has 1 N–H and O–H groups in total.